The van der Waals surface area contributed by atoms with Gasteiger partial charge in [0.1, 0.15) is 0 Å². The third-order valence-electron chi connectivity index (χ3n) is 6.23. The first-order valence-corrected chi connectivity index (χ1v) is 10.9. The van der Waals surface area contributed by atoms with E-state index < -0.39 is 0 Å². The highest BCUT2D eigenvalue weighted by atomic mass is 32.1. The number of hydrogen-bond donors (Lipinski definition) is 1. The summed E-state index contributed by atoms with van der Waals surface area (Å²) in [5, 5.41) is 4.38. The summed E-state index contributed by atoms with van der Waals surface area (Å²) in [6.45, 7) is 0.788. The average Bonchev–Trinajstić information content (AvgIpc) is 3.50. The second-order valence-electron chi connectivity index (χ2n) is 8.02. The van der Waals surface area contributed by atoms with Crippen molar-refractivity contribution in [3.05, 3.63) is 90.0 Å². The summed E-state index contributed by atoms with van der Waals surface area (Å²) < 4.78 is 2.50. The second kappa shape index (κ2) is 7.99. The Morgan fingerprint density at radius 2 is 1.76 bits per heavy atom. The molecule has 1 aliphatic carbocycles. The average molecular weight is 403 g/mol. The molecule has 1 aliphatic heterocycles. The fraction of sp³-hybridized carbons (Fsp3) is 0.333. The first-order chi connectivity index (χ1) is 14.3. The molecule has 0 radical (unpaired) electrons. The lowest BCUT2D eigenvalue weighted by molar-refractivity contribution is 0.290. The van der Waals surface area contributed by atoms with Crippen LogP contribution >= 0.6 is 12.2 Å². The van der Waals surface area contributed by atoms with Crippen molar-refractivity contribution in [2.45, 2.75) is 50.4 Å². The molecule has 2 fully saturated rings. The molecule has 3 heterocycles. The van der Waals surface area contributed by atoms with Crippen LogP contribution in [0.5, 0.6) is 0 Å². The van der Waals surface area contributed by atoms with E-state index in [-0.39, 0.29) is 12.1 Å². The normalized spacial score (nSPS) is 22.2. The zero-order valence-electron chi connectivity index (χ0n) is 16.4. The Labute approximate surface area is 177 Å². The highest BCUT2D eigenvalue weighted by molar-refractivity contribution is 7.80. The summed E-state index contributed by atoms with van der Waals surface area (Å²) in [6, 6.07) is 21.9. The lowest BCUT2D eigenvalue weighted by Crippen LogP contribution is -2.30. The smallest absolute Gasteiger partial charge is 0.170 e. The van der Waals surface area contributed by atoms with Crippen LogP contribution in [0.25, 0.3) is 0 Å². The number of pyridine rings is 1. The molecule has 1 saturated carbocycles. The van der Waals surface area contributed by atoms with Crippen molar-refractivity contribution in [2.24, 2.45) is 0 Å². The quantitative estimate of drug-likeness (QED) is 0.597. The zero-order valence-corrected chi connectivity index (χ0v) is 17.3. The van der Waals surface area contributed by atoms with E-state index in [4.69, 9.17) is 12.2 Å². The molecular weight excluding hydrogens is 376 g/mol. The molecule has 2 aliphatic rings. The van der Waals surface area contributed by atoms with Gasteiger partial charge in [-0.1, -0.05) is 49.2 Å². The Bertz CT molecular complexity index is 963. The highest BCUT2D eigenvalue weighted by Gasteiger charge is 2.41. The molecule has 4 nitrogen and oxygen atoms in total. The predicted octanol–water partition coefficient (Wildman–Crippen LogP) is 5.17. The van der Waals surface area contributed by atoms with E-state index in [0.717, 1.165) is 17.4 Å². The lowest BCUT2D eigenvalue weighted by atomic mass is 10.0. The number of nitrogens with zero attached hydrogens (tertiary/aromatic N) is 3. The standard InChI is InChI=1S/C24H26N4S/c29-24-26-22(20-13-6-7-15-25-20)23(28(24)17-18-9-2-1-3-10-18)21-14-8-16-27(21)19-11-4-5-12-19/h1-3,6-10,13-16,19,22-23H,4-5,11-12,17H2,(H,26,29)/t22-,23-/m1/s1. The molecule has 148 valence electrons. The van der Waals surface area contributed by atoms with Gasteiger partial charge in [-0.15, -0.1) is 0 Å². The Hall–Kier alpha value is -2.66. The van der Waals surface area contributed by atoms with Gasteiger partial charge in [-0.2, -0.15) is 0 Å². The third kappa shape index (κ3) is 3.55. The summed E-state index contributed by atoms with van der Waals surface area (Å²) in [7, 11) is 0. The molecule has 0 amide bonds. The summed E-state index contributed by atoms with van der Waals surface area (Å²) in [5.74, 6) is 0. The van der Waals surface area contributed by atoms with E-state index in [1.807, 2.05) is 12.3 Å². The topological polar surface area (TPSA) is 33.1 Å². The van der Waals surface area contributed by atoms with Gasteiger partial charge in [0.05, 0.1) is 17.8 Å². The first kappa shape index (κ1) is 18.4. The van der Waals surface area contributed by atoms with Crippen LogP contribution in [0.2, 0.25) is 0 Å². The van der Waals surface area contributed by atoms with Crippen LogP contribution in [0.3, 0.4) is 0 Å². The second-order valence-corrected chi connectivity index (χ2v) is 8.41. The van der Waals surface area contributed by atoms with Gasteiger partial charge >= 0.3 is 0 Å². The van der Waals surface area contributed by atoms with Crippen molar-refractivity contribution >= 4 is 17.3 Å². The molecule has 3 aromatic rings. The minimum atomic E-state index is 0.0439. The SMILES string of the molecule is S=C1N[C@H](c2ccccn2)[C@@H](c2cccn2C2CCCC2)N1Cc1ccccc1. The van der Waals surface area contributed by atoms with Crippen LogP contribution in [-0.4, -0.2) is 19.6 Å². The molecule has 5 rings (SSSR count). The molecule has 29 heavy (non-hydrogen) atoms. The van der Waals surface area contributed by atoms with Crippen LogP contribution in [0.1, 0.15) is 60.8 Å². The Morgan fingerprint density at radius 1 is 0.966 bits per heavy atom. The summed E-state index contributed by atoms with van der Waals surface area (Å²) in [6.07, 6.45) is 9.29. The predicted molar refractivity (Wildman–Crippen MR) is 119 cm³/mol. The van der Waals surface area contributed by atoms with Gasteiger partial charge in [0.25, 0.3) is 0 Å². The van der Waals surface area contributed by atoms with E-state index >= 15 is 0 Å². The summed E-state index contributed by atoms with van der Waals surface area (Å²) in [5.41, 5.74) is 3.63. The Balaban J connectivity index is 1.56. The molecule has 0 bridgehead atoms. The molecule has 1 N–H and O–H groups in total. The van der Waals surface area contributed by atoms with Gasteiger partial charge < -0.3 is 14.8 Å². The van der Waals surface area contributed by atoms with E-state index in [1.165, 1.54) is 36.9 Å². The molecule has 1 aromatic carbocycles. The molecule has 2 aromatic heterocycles. The van der Waals surface area contributed by atoms with Gasteiger partial charge in [-0.3, -0.25) is 4.98 Å². The fourth-order valence-corrected chi connectivity index (χ4v) is 5.16. The number of benzene rings is 1. The van der Waals surface area contributed by atoms with Crippen LogP contribution in [0.15, 0.2) is 73.1 Å². The fourth-order valence-electron chi connectivity index (χ4n) is 4.85. The first-order valence-electron chi connectivity index (χ1n) is 10.5. The lowest BCUT2D eigenvalue weighted by Gasteiger charge is -2.30. The Morgan fingerprint density at radius 3 is 2.52 bits per heavy atom. The molecule has 0 unspecified atom stereocenters. The molecule has 2 atom stereocenters. The summed E-state index contributed by atoms with van der Waals surface area (Å²) >= 11 is 5.82. The van der Waals surface area contributed by atoms with Gasteiger partial charge in [0.15, 0.2) is 5.11 Å². The number of thiocarbonyl (C=S) groups is 1. The maximum Gasteiger partial charge on any atom is 0.170 e. The maximum absolute atomic E-state index is 5.82. The molecule has 0 spiro atoms. The van der Waals surface area contributed by atoms with Crippen LogP contribution in [0, 0.1) is 0 Å². The van der Waals surface area contributed by atoms with Gasteiger partial charge in [0, 0.05) is 30.7 Å². The van der Waals surface area contributed by atoms with Crippen molar-refractivity contribution < 1.29 is 0 Å². The monoisotopic (exact) mass is 402 g/mol. The third-order valence-corrected chi connectivity index (χ3v) is 6.58. The van der Waals surface area contributed by atoms with Crippen molar-refractivity contribution in [1.29, 1.82) is 0 Å². The van der Waals surface area contributed by atoms with Crippen molar-refractivity contribution in [3.63, 3.8) is 0 Å². The van der Waals surface area contributed by atoms with Crippen LogP contribution in [0.4, 0.5) is 0 Å². The Kier molecular flexibility index (Phi) is 5.06. The largest absolute Gasteiger partial charge is 0.352 e. The molecular formula is C24H26N4S. The van der Waals surface area contributed by atoms with Crippen molar-refractivity contribution in [2.75, 3.05) is 0 Å². The number of aromatic nitrogens is 2. The van der Waals surface area contributed by atoms with E-state index in [9.17, 15) is 0 Å². The minimum Gasteiger partial charge on any atom is -0.352 e. The van der Waals surface area contributed by atoms with E-state index in [1.54, 1.807) is 0 Å². The minimum absolute atomic E-state index is 0.0439. The highest BCUT2D eigenvalue weighted by Crippen LogP contribution is 2.42. The number of nitrogens with one attached hydrogen (secondary N) is 1. The van der Waals surface area contributed by atoms with Gasteiger partial charge in [-0.25, -0.2) is 0 Å². The maximum atomic E-state index is 5.82. The summed E-state index contributed by atoms with van der Waals surface area (Å²) in [4.78, 5) is 7.00. The van der Waals surface area contributed by atoms with Crippen molar-refractivity contribution in [1.82, 2.24) is 19.8 Å². The zero-order chi connectivity index (χ0) is 19.6. The number of rotatable bonds is 5. The molecule has 5 heteroatoms. The van der Waals surface area contributed by atoms with E-state index in [0.29, 0.717) is 6.04 Å². The van der Waals surface area contributed by atoms with E-state index in [2.05, 4.69) is 80.6 Å². The van der Waals surface area contributed by atoms with Crippen LogP contribution < -0.4 is 5.32 Å². The van der Waals surface area contributed by atoms with Gasteiger partial charge in [-0.05, 0) is 54.9 Å². The number of hydrogen-bond acceptors (Lipinski definition) is 2. The van der Waals surface area contributed by atoms with Gasteiger partial charge in [0.2, 0.25) is 0 Å². The van der Waals surface area contributed by atoms with Crippen LogP contribution in [-0.2, 0) is 6.54 Å². The molecule has 1 saturated heterocycles. The van der Waals surface area contributed by atoms with Crippen molar-refractivity contribution in [3.8, 4) is 0 Å².